The van der Waals surface area contributed by atoms with E-state index in [1.165, 1.54) is 0 Å². The van der Waals surface area contributed by atoms with Gasteiger partial charge in [0.05, 0.1) is 18.8 Å². The highest BCUT2D eigenvalue weighted by molar-refractivity contribution is 5.92. The van der Waals surface area contributed by atoms with E-state index in [-0.39, 0.29) is 0 Å². The fraction of sp³-hybridized carbons (Fsp3) is 0.238. The summed E-state index contributed by atoms with van der Waals surface area (Å²) in [6.07, 6.45) is 2.60. The van der Waals surface area contributed by atoms with Crippen LogP contribution in [0.4, 0.5) is 0 Å². The Morgan fingerprint density at radius 1 is 1.00 bits per heavy atom. The highest BCUT2D eigenvalue weighted by Crippen LogP contribution is 2.20. The van der Waals surface area contributed by atoms with Crippen LogP contribution in [0.3, 0.4) is 0 Å². The number of esters is 2. The first-order valence-corrected chi connectivity index (χ1v) is 8.40. The first-order valence-electron chi connectivity index (χ1n) is 8.40. The number of unbranched alkanes of at least 4 members (excludes halogenated alkanes) is 1. The molecule has 0 unspecified atom stereocenters. The second kappa shape index (κ2) is 10.0. The molecule has 26 heavy (non-hydrogen) atoms. The molecule has 0 spiro atoms. The zero-order valence-electron chi connectivity index (χ0n) is 14.8. The van der Waals surface area contributed by atoms with Crippen molar-refractivity contribution in [3.8, 4) is 11.5 Å². The smallest absolute Gasteiger partial charge is 0.343 e. The summed E-state index contributed by atoms with van der Waals surface area (Å²) < 4.78 is 15.9. The number of benzene rings is 2. The van der Waals surface area contributed by atoms with Gasteiger partial charge in [-0.2, -0.15) is 0 Å². The molecule has 5 heteroatoms. The van der Waals surface area contributed by atoms with E-state index in [4.69, 9.17) is 14.2 Å². The standard InChI is InChI=1S/C21H22O5/c1-3-20(22)25-14-8-7-13-24-18-11-12-19(16(2)15-18)21(23)26-17-9-5-4-6-10-17/h3-6,9-12,15H,1,7-8,13-14H2,2H3. The number of hydrogen-bond acceptors (Lipinski definition) is 5. The molecule has 0 radical (unpaired) electrons. The monoisotopic (exact) mass is 354 g/mol. The van der Waals surface area contributed by atoms with Crippen LogP contribution in [0.1, 0.15) is 28.8 Å². The SMILES string of the molecule is C=CC(=O)OCCCCOc1ccc(C(=O)Oc2ccccc2)c(C)c1. The lowest BCUT2D eigenvalue weighted by Gasteiger charge is -2.10. The molecule has 0 N–H and O–H groups in total. The molecule has 5 nitrogen and oxygen atoms in total. The van der Waals surface area contributed by atoms with Gasteiger partial charge in [-0.1, -0.05) is 24.8 Å². The third-order valence-electron chi connectivity index (χ3n) is 3.59. The summed E-state index contributed by atoms with van der Waals surface area (Å²) in [6, 6.07) is 14.2. The van der Waals surface area contributed by atoms with Gasteiger partial charge in [-0.3, -0.25) is 0 Å². The molecule has 0 amide bonds. The molecule has 0 aliphatic rings. The summed E-state index contributed by atoms with van der Waals surface area (Å²) in [6.45, 7) is 6.01. The Bertz CT molecular complexity index is 752. The second-order valence-corrected chi connectivity index (χ2v) is 5.61. The van der Waals surface area contributed by atoms with Crippen LogP contribution >= 0.6 is 0 Å². The zero-order valence-corrected chi connectivity index (χ0v) is 14.8. The van der Waals surface area contributed by atoms with Crippen LogP contribution in [-0.2, 0) is 9.53 Å². The van der Waals surface area contributed by atoms with Crippen molar-refractivity contribution < 1.29 is 23.8 Å². The van der Waals surface area contributed by atoms with Crippen LogP contribution in [0, 0.1) is 6.92 Å². The van der Waals surface area contributed by atoms with Gasteiger partial charge in [0, 0.05) is 6.08 Å². The van der Waals surface area contributed by atoms with E-state index in [0.29, 0.717) is 36.7 Å². The highest BCUT2D eigenvalue weighted by Gasteiger charge is 2.12. The summed E-state index contributed by atoms with van der Waals surface area (Å²) in [5, 5.41) is 0. The lowest BCUT2D eigenvalue weighted by Crippen LogP contribution is -2.10. The lowest BCUT2D eigenvalue weighted by atomic mass is 10.1. The molecule has 0 aliphatic carbocycles. The first kappa shape index (κ1) is 19.2. The molecule has 0 saturated heterocycles. The number of rotatable bonds is 9. The molecular formula is C21H22O5. The quantitative estimate of drug-likeness (QED) is 0.294. The average Bonchev–Trinajstić information content (AvgIpc) is 2.65. The topological polar surface area (TPSA) is 61.8 Å². The molecule has 0 atom stereocenters. The summed E-state index contributed by atoms with van der Waals surface area (Å²) in [7, 11) is 0. The maximum Gasteiger partial charge on any atom is 0.343 e. The summed E-state index contributed by atoms with van der Waals surface area (Å²) in [5.74, 6) is 0.375. The molecule has 0 heterocycles. The minimum absolute atomic E-state index is 0.345. The molecule has 2 aromatic rings. The minimum Gasteiger partial charge on any atom is -0.494 e. The number of aryl methyl sites for hydroxylation is 1. The molecule has 136 valence electrons. The van der Waals surface area contributed by atoms with Crippen molar-refractivity contribution in [3.05, 3.63) is 72.3 Å². The lowest BCUT2D eigenvalue weighted by molar-refractivity contribution is -0.137. The minimum atomic E-state index is -0.417. The number of carbonyl (C=O) groups is 2. The van der Waals surface area contributed by atoms with Crippen molar-refractivity contribution in [1.82, 2.24) is 0 Å². The maximum absolute atomic E-state index is 12.2. The van der Waals surface area contributed by atoms with Crippen molar-refractivity contribution in [3.63, 3.8) is 0 Å². The summed E-state index contributed by atoms with van der Waals surface area (Å²) in [4.78, 5) is 23.1. The molecule has 0 aliphatic heterocycles. The van der Waals surface area contributed by atoms with Crippen molar-refractivity contribution in [1.29, 1.82) is 0 Å². The molecule has 0 aromatic heterocycles. The molecular weight excluding hydrogens is 332 g/mol. The number of para-hydroxylation sites is 1. The molecule has 2 rings (SSSR count). The van der Waals surface area contributed by atoms with Gasteiger partial charge in [0.25, 0.3) is 0 Å². The average molecular weight is 354 g/mol. The van der Waals surface area contributed by atoms with Crippen molar-refractivity contribution >= 4 is 11.9 Å². The van der Waals surface area contributed by atoms with E-state index >= 15 is 0 Å². The number of hydrogen-bond donors (Lipinski definition) is 0. The first-order chi connectivity index (χ1) is 12.6. The normalized spacial score (nSPS) is 10.0. The Labute approximate surface area is 153 Å². The van der Waals surface area contributed by atoms with Crippen molar-refractivity contribution in [2.75, 3.05) is 13.2 Å². The third kappa shape index (κ3) is 6.09. The van der Waals surface area contributed by atoms with Gasteiger partial charge < -0.3 is 14.2 Å². The number of carbonyl (C=O) groups excluding carboxylic acids is 2. The van der Waals surface area contributed by atoms with Crippen LogP contribution in [-0.4, -0.2) is 25.2 Å². The van der Waals surface area contributed by atoms with Gasteiger partial charge in [-0.25, -0.2) is 9.59 Å². The summed E-state index contributed by atoms with van der Waals surface area (Å²) in [5.41, 5.74) is 1.28. The van der Waals surface area contributed by atoms with Gasteiger partial charge in [0.15, 0.2) is 0 Å². The predicted molar refractivity (Wildman–Crippen MR) is 98.5 cm³/mol. The van der Waals surface area contributed by atoms with Crippen molar-refractivity contribution in [2.24, 2.45) is 0 Å². The van der Waals surface area contributed by atoms with Gasteiger partial charge in [-0.05, 0) is 55.7 Å². The Hall–Kier alpha value is -3.08. The Morgan fingerprint density at radius 3 is 2.42 bits per heavy atom. The fourth-order valence-corrected chi connectivity index (χ4v) is 2.23. The van der Waals surface area contributed by atoms with Crippen LogP contribution in [0.15, 0.2) is 61.2 Å². The van der Waals surface area contributed by atoms with Crippen molar-refractivity contribution in [2.45, 2.75) is 19.8 Å². The second-order valence-electron chi connectivity index (χ2n) is 5.61. The van der Waals surface area contributed by atoms with E-state index in [1.807, 2.05) is 25.1 Å². The maximum atomic E-state index is 12.2. The van der Waals surface area contributed by atoms with Crippen LogP contribution in [0.2, 0.25) is 0 Å². The largest absolute Gasteiger partial charge is 0.494 e. The van der Waals surface area contributed by atoms with E-state index in [9.17, 15) is 9.59 Å². The van der Waals surface area contributed by atoms with Gasteiger partial charge in [-0.15, -0.1) is 0 Å². The van der Waals surface area contributed by atoms with Gasteiger partial charge in [0.1, 0.15) is 11.5 Å². The third-order valence-corrected chi connectivity index (χ3v) is 3.59. The van der Waals surface area contributed by atoms with E-state index in [2.05, 4.69) is 6.58 Å². The van der Waals surface area contributed by atoms with E-state index in [0.717, 1.165) is 18.1 Å². The zero-order chi connectivity index (χ0) is 18.8. The Kier molecular flexibility index (Phi) is 7.43. The molecule has 0 saturated carbocycles. The molecule has 0 fully saturated rings. The molecule has 0 bridgehead atoms. The Balaban J connectivity index is 1.80. The molecule has 2 aromatic carbocycles. The van der Waals surface area contributed by atoms with Crippen LogP contribution in [0.25, 0.3) is 0 Å². The van der Waals surface area contributed by atoms with Gasteiger partial charge >= 0.3 is 11.9 Å². The summed E-state index contributed by atoms with van der Waals surface area (Å²) >= 11 is 0. The van der Waals surface area contributed by atoms with Crippen LogP contribution in [0.5, 0.6) is 11.5 Å². The van der Waals surface area contributed by atoms with Crippen LogP contribution < -0.4 is 9.47 Å². The van der Waals surface area contributed by atoms with E-state index < -0.39 is 11.9 Å². The highest BCUT2D eigenvalue weighted by atomic mass is 16.5. The Morgan fingerprint density at radius 2 is 1.73 bits per heavy atom. The number of ether oxygens (including phenoxy) is 3. The predicted octanol–water partition coefficient (Wildman–Crippen LogP) is 4.10. The fourth-order valence-electron chi connectivity index (χ4n) is 2.23. The van der Waals surface area contributed by atoms with Gasteiger partial charge in [0.2, 0.25) is 0 Å². The van der Waals surface area contributed by atoms with E-state index in [1.54, 1.807) is 30.3 Å².